The summed E-state index contributed by atoms with van der Waals surface area (Å²) in [4.78, 5) is 11.8. The fourth-order valence-corrected chi connectivity index (χ4v) is 3.37. The summed E-state index contributed by atoms with van der Waals surface area (Å²) in [6.45, 7) is 8.32. The van der Waals surface area contributed by atoms with E-state index in [0.717, 1.165) is 5.56 Å². The second kappa shape index (κ2) is 11.4. The zero-order valence-corrected chi connectivity index (χ0v) is 20.6. The molecule has 0 saturated heterocycles. The van der Waals surface area contributed by atoms with Crippen molar-refractivity contribution >= 4 is 5.97 Å². The molecule has 0 aliphatic heterocycles. The van der Waals surface area contributed by atoms with Gasteiger partial charge in [0.25, 0.3) is 0 Å². The quantitative estimate of drug-likeness (QED) is 0.293. The SMILES string of the molecule is CCOC(=O)COc1cc(-c2ccc(OC(F)(F)F)cc2)ccc1OCc1ccc(C(C)(C)C)cc1. The summed E-state index contributed by atoms with van der Waals surface area (Å²) in [5.41, 5.74) is 3.51. The van der Waals surface area contributed by atoms with E-state index in [2.05, 4.69) is 37.6 Å². The van der Waals surface area contributed by atoms with Crippen LogP contribution in [0.3, 0.4) is 0 Å². The molecule has 0 bridgehead atoms. The molecular weight excluding hydrogens is 473 g/mol. The Labute approximate surface area is 208 Å². The van der Waals surface area contributed by atoms with E-state index in [1.54, 1.807) is 25.1 Å². The van der Waals surface area contributed by atoms with Gasteiger partial charge in [-0.2, -0.15) is 0 Å². The zero-order valence-electron chi connectivity index (χ0n) is 20.6. The van der Waals surface area contributed by atoms with Crippen LogP contribution in [0.25, 0.3) is 11.1 Å². The first kappa shape index (κ1) is 26.9. The Bertz CT molecular complexity index is 1150. The van der Waals surface area contributed by atoms with Gasteiger partial charge in [-0.3, -0.25) is 0 Å². The summed E-state index contributed by atoms with van der Waals surface area (Å²) in [6, 6.07) is 18.7. The van der Waals surface area contributed by atoms with Crippen LogP contribution in [0.2, 0.25) is 0 Å². The molecule has 5 nitrogen and oxygen atoms in total. The number of hydrogen-bond acceptors (Lipinski definition) is 5. The number of esters is 1. The number of carbonyl (C=O) groups excluding carboxylic acids is 1. The van der Waals surface area contributed by atoms with Crippen molar-refractivity contribution in [1.29, 1.82) is 0 Å². The average Bonchev–Trinajstić information content (AvgIpc) is 2.81. The number of carbonyl (C=O) groups is 1. The second-order valence-electron chi connectivity index (χ2n) is 9.06. The number of rotatable bonds is 9. The van der Waals surface area contributed by atoms with E-state index in [1.165, 1.54) is 29.8 Å². The van der Waals surface area contributed by atoms with Gasteiger partial charge in [0.15, 0.2) is 18.1 Å². The summed E-state index contributed by atoms with van der Waals surface area (Å²) in [7, 11) is 0. The molecule has 0 aliphatic rings. The Morgan fingerprint density at radius 2 is 1.44 bits per heavy atom. The minimum Gasteiger partial charge on any atom is -0.485 e. The molecule has 0 saturated carbocycles. The summed E-state index contributed by atoms with van der Waals surface area (Å²) < 4.78 is 57.9. The fraction of sp³-hybridized carbons (Fsp3) is 0.321. The lowest BCUT2D eigenvalue weighted by molar-refractivity contribution is -0.274. The average molecular weight is 503 g/mol. The minimum atomic E-state index is -4.76. The van der Waals surface area contributed by atoms with Crippen molar-refractivity contribution in [2.75, 3.05) is 13.2 Å². The summed E-state index contributed by atoms with van der Waals surface area (Å²) in [5.74, 6) is -0.120. The fourth-order valence-electron chi connectivity index (χ4n) is 3.37. The Morgan fingerprint density at radius 1 is 0.806 bits per heavy atom. The summed E-state index contributed by atoms with van der Waals surface area (Å²) in [6.07, 6.45) is -4.76. The maximum Gasteiger partial charge on any atom is 0.573 e. The van der Waals surface area contributed by atoms with Crippen molar-refractivity contribution in [3.05, 3.63) is 77.9 Å². The Hall–Kier alpha value is -3.68. The largest absolute Gasteiger partial charge is 0.573 e. The molecule has 0 aromatic heterocycles. The van der Waals surface area contributed by atoms with Crippen LogP contribution in [-0.2, 0) is 21.6 Å². The highest BCUT2D eigenvalue weighted by atomic mass is 19.4. The predicted octanol–water partition coefficient (Wildman–Crippen LogP) is 7.07. The standard InChI is InChI=1S/C28H29F3O5/c1-5-33-26(32)18-35-25-16-21(20-8-13-23(14-9-20)36-28(29,30)31)10-15-24(25)34-17-19-6-11-22(12-7-19)27(2,3)4/h6-16H,5,17-18H2,1-4H3. The molecule has 192 valence electrons. The molecule has 8 heteroatoms. The zero-order chi connectivity index (χ0) is 26.3. The van der Waals surface area contributed by atoms with Crippen molar-refractivity contribution in [1.82, 2.24) is 0 Å². The van der Waals surface area contributed by atoms with Crippen LogP contribution in [-0.4, -0.2) is 25.5 Å². The molecule has 0 atom stereocenters. The predicted molar refractivity (Wildman–Crippen MR) is 130 cm³/mol. The minimum absolute atomic E-state index is 0.0421. The number of halogens is 3. The molecular formula is C28H29F3O5. The van der Waals surface area contributed by atoms with Crippen molar-refractivity contribution in [2.24, 2.45) is 0 Å². The van der Waals surface area contributed by atoms with Gasteiger partial charge in [-0.1, -0.05) is 63.2 Å². The highest BCUT2D eigenvalue weighted by Crippen LogP contribution is 2.35. The van der Waals surface area contributed by atoms with Gasteiger partial charge in [0.1, 0.15) is 12.4 Å². The van der Waals surface area contributed by atoms with E-state index < -0.39 is 12.3 Å². The first-order valence-electron chi connectivity index (χ1n) is 11.5. The van der Waals surface area contributed by atoms with E-state index in [4.69, 9.17) is 14.2 Å². The molecule has 0 radical (unpaired) electrons. The molecule has 0 fully saturated rings. The Kier molecular flexibility index (Phi) is 8.50. The molecule has 0 unspecified atom stereocenters. The lowest BCUT2D eigenvalue weighted by atomic mass is 9.87. The first-order valence-corrected chi connectivity index (χ1v) is 11.5. The van der Waals surface area contributed by atoms with Gasteiger partial charge >= 0.3 is 12.3 Å². The third-order valence-corrected chi connectivity index (χ3v) is 5.23. The molecule has 3 aromatic rings. The van der Waals surface area contributed by atoms with Gasteiger partial charge in [0.05, 0.1) is 6.61 Å². The van der Waals surface area contributed by atoms with Gasteiger partial charge in [0, 0.05) is 0 Å². The molecule has 36 heavy (non-hydrogen) atoms. The van der Waals surface area contributed by atoms with E-state index in [1.807, 2.05) is 12.1 Å². The third-order valence-electron chi connectivity index (χ3n) is 5.23. The van der Waals surface area contributed by atoms with Gasteiger partial charge in [-0.25, -0.2) is 4.79 Å². The smallest absolute Gasteiger partial charge is 0.485 e. The molecule has 3 aromatic carbocycles. The van der Waals surface area contributed by atoms with E-state index in [-0.39, 0.29) is 31.0 Å². The van der Waals surface area contributed by atoms with E-state index in [0.29, 0.717) is 22.6 Å². The molecule has 0 amide bonds. The van der Waals surface area contributed by atoms with Gasteiger partial charge in [0.2, 0.25) is 0 Å². The van der Waals surface area contributed by atoms with Crippen molar-refractivity contribution < 1.29 is 36.9 Å². The highest BCUT2D eigenvalue weighted by Gasteiger charge is 2.31. The summed E-state index contributed by atoms with van der Waals surface area (Å²) in [5, 5.41) is 0. The van der Waals surface area contributed by atoms with Crippen LogP contribution >= 0.6 is 0 Å². The number of benzene rings is 3. The summed E-state index contributed by atoms with van der Waals surface area (Å²) >= 11 is 0. The second-order valence-corrected chi connectivity index (χ2v) is 9.06. The highest BCUT2D eigenvalue weighted by molar-refractivity contribution is 5.72. The van der Waals surface area contributed by atoms with Crippen LogP contribution in [0, 0.1) is 0 Å². The van der Waals surface area contributed by atoms with Crippen molar-refractivity contribution in [3.8, 4) is 28.4 Å². The lowest BCUT2D eigenvalue weighted by Gasteiger charge is -2.19. The number of alkyl halides is 3. The maximum absolute atomic E-state index is 12.4. The van der Waals surface area contributed by atoms with Crippen molar-refractivity contribution in [3.63, 3.8) is 0 Å². The van der Waals surface area contributed by atoms with Crippen LogP contribution in [0.1, 0.15) is 38.8 Å². The van der Waals surface area contributed by atoms with Gasteiger partial charge in [-0.15, -0.1) is 13.2 Å². The lowest BCUT2D eigenvalue weighted by Crippen LogP contribution is -2.16. The molecule has 0 aliphatic carbocycles. The van der Waals surface area contributed by atoms with Crippen LogP contribution in [0.4, 0.5) is 13.2 Å². The van der Waals surface area contributed by atoms with Crippen LogP contribution < -0.4 is 14.2 Å². The molecule has 0 spiro atoms. The van der Waals surface area contributed by atoms with Crippen LogP contribution in [0.5, 0.6) is 17.2 Å². The van der Waals surface area contributed by atoms with Gasteiger partial charge < -0.3 is 18.9 Å². The third kappa shape index (κ3) is 7.93. The van der Waals surface area contributed by atoms with E-state index >= 15 is 0 Å². The monoisotopic (exact) mass is 502 g/mol. The van der Waals surface area contributed by atoms with Gasteiger partial charge in [-0.05, 0) is 58.9 Å². The van der Waals surface area contributed by atoms with Crippen LogP contribution in [0.15, 0.2) is 66.7 Å². The first-order chi connectivity index (χ1) is 16.9. The number of hydrogen-bond donors (Lipinski definition) is 0. The number of ether oxygens (including phenoxy) is 4. The molecule has 0 heterocycles. The Morgan fingerprint density at radius 3 is 2.03 bits per heavy atom. The maximum atomic E-state index is 12.4. The van der Waals surface area contributed by atoms with E-state index in [9.17, 15) is 18.0 Å². The van der Waals surface area contributed by atoms with Crippen molar-refractivity contribution in [2.45, 2.75) is 46.1 Å². The molecule has 0 N–H and O–H groups in total. The Balaban J connectivity index is 1.80. The normalized spacial score (nSPS) is 11.6. The topological polar surface area (TPSA) is 54.0 Å². The molecule has 3 rings (SSSR count).